The van der Waals surface area contributed by atoms with Crippen molar-refractivity contribution < 1.29 is 28.5 Å². The van der Waals surface area contributed by atoms with Crippen LogP contribution in [0.3, 0.4) is 0 Å². The SMILES string of the molecule is COCCOC(=O)C1=C(C)NC2=C(C(=O)C[C@H](c3ccc(OC)cc3)C2)[C@@H]1c1cccc(OC)c1. The highest BCUT2D eigenvalue weighted by molar-refractivity contribution is 6.04. The molecule has 2 aromatic carbocycles. The van der Waals surface area contributed by atoms with E-state index in [4.69, 9.17) is 18.9 Å². The Morgan fingerprint density at radius 1 is 0.943 bits per heavy atom. The lowest BCUT2D eigenvalue weighted by Gasteiger charge is -2.36. The summed E-state index contributed by atoms with van der Waals surface area (Å²) >= 11 is 0. The first-order valence-electron chi connectivity index (χ1n) is 11.6. The van der Waals surface area contributed by atoms with E-state index in [1.807, 2.05) is 55.5 Å². The second-order valence-corrected chi connectivity index (χ2v) is 8.70. The fraction of sp³-hybridized carbons (Fsp3) is 0.357. The monoisotopic (exact) mass is 477 g/mol. The number of hydrogen-bond donors (Lipinski definition) is 1. The molecule has 1 heterocycles. The zero-order valence-electron chi connectivity index (χ0n) is 20.6. The van der Waals surface area contributed by atoms with Crippen molar-refractivity contribution in [1.29, 1.82) is 0 Å². The van der Waals surface area contributed by atoms with Crippen molar-refractivity contribution in [2.75, 3.05) is 34.5 Å². The first-order valence-corrected chi connectivity index (χ1v) is 11.6. The number of rotatable bonds is 8. The van der Waals surface area contributed by atoms with Crippen LogP contribution < -0.4 is 14.8 Å². The van der Waals surface area contributed by atoms with Gasteiger partial charge in [-0.2, -0.15) is 0 Å². The fourth-order valence-electron chi connectivity index (χ4n) is 4.87. The maximum Gasteiger partial charge on any atom is 0.336 e. The highest BCUT2D eigenvalue weighted by atomic mass is 16.6. The van der Waals surface area contributed by atoms with Gasteiger partial charge in [-0.3, -0.25) is 4.79 Å². The Labute approximate surface area is 205 Å². The molecule has 0 saturated carbocycles. The van der Waals surface area contributed by atoms with Gasteiger partial charge < -0.3 is 24.3 Å². The zero-order chi connectivity index (χ0) is 24.9. The molecule has 0 fully saturated rings. The molecule has 2 atom stereocenters. The molecule has 1 N–H and O–H groups in total. The maximum absolute atomic E-state index is 13.7. The summed E-state index contributed by atoms with van der Waals surface area (Å²) in [5.74, 6) is 0.486. The van der Waals surface area contributed by atoms with E-state index in [-0.39, 0.29) is 18.3 Å². The summed E-state index contributed by atoms with van der Waals surface area (Å²) in [7, 11) is 4.78. The van der Waals surface area contributed by atoms with E-state index in [2.05, 4.69) is 5.32 Å². The van der Waals surface area contributed by atoms with Crippen molar-refractivity contribution in [2.45, 2.75) is 31.6 Å². The van der Waals surface area contributed by atoms with E-state index >= 15 is 0 Å². The molecule has 35 heavy (non-hydrogen) atoms. The van der Waals surface area contributed by atoms with Gasteiger partial charge in [0.05, 0.1) is 26.4 Å². The average Bonchev–Trinajstić information content (AvgIpc) is 2.87. The van der Waals surface area contributed by atoms with Crippen molar-refractivity contribution in [1.82, 2.24) is 5.32 Å². The van der Waals surface area contributed by atoms with Gasteiger partial charge in [0.1, 0.15) is 18.1 Å². The first kappa shape index (κ1) is 24.5. The maximum atomic E-state index is 13.7. The highest BCUT2D eigenvalue weighted by Crippen LogP contribution is 2.46. The van der Waals surface area contributed by atoms with E-state index in [0.29, 0.717) is 42.0 Å². The van der Waals surface area contributed by atoms with E-state index in [9.17, 15) is 9.59 Å². The Morgan fingerprint density at radius 3 is 2.37 bits per heavy atom. The average molecular weight is 478 g/mol. The van der Waals surface area contributed by atoms with Gasteiger partial charge in [-0.15, -0.1) is 0 Å². The molecule has 0 aromatic heterocycles. The minimum absolute atomic E-state index is 0.0158. The Hall–Kier alpha value is -3.58. The summed E-state index contributed by atoms with van der Waals surface area (Å²) in [5, 5.41) is 3.37. The molecular weight excluding hydrogens is 446 g/mol. The van der Waals surface area contributed by atoms with E-state index in [0.717, 1.165) is 22.6 Å². The molecule has 7 nitrogen and oxygen atoms in total. The van der Waals surface area contributed by atoms with Gasteiger partial charge in [-0.05, 0) is 54.7 Å². The standard InChI is InChI=1S/C28H31NO6/c1-17-25(28(31)35-13-12-32-2)26(19-6-5-7-22(14-19)34-4)27-23(29-17)15-20(16-24(27)30)18-8-10-21(33-3)11-9-18/h5-11,14,20,26,29H,12-13,15-16H2,1-4H3/t20-,26-/m1/s1. The van der Waals surface area contributed by atoms with E-state index < -0.39 is 11.9 Å². The Morgan fingerprint density at radius 2 is 1.69 bits per heavy atom. The van der Waals surface area contributed by atoms with Crippen LogP contribution in [0.15, 0.2) is 71.1 Å². The number of esters is 1. The number of ketones is 1. The minimum atomic E-state index is -0.541. The van der Waals surface area contributed by atoms with Crippen LogP contribution in [-0.4, -0.2) is 46.3 Å². The quantitative estimate of drug-likeness (QED) is 0.449. The van der Waals surface area contributed by atoms with Crippen molar-refractivity contribution in [2.24, 2.45) is 0 Å². The van der Waals surface area contributed by atoms with Crippen LogP contribution in [0.4, 0.5) is 0 Å². The summed E-state index contributed by atoms with van der Waals surface area (Å²) in [6.07, 6.45) is 1.02. The van der Waals surface area contributed by atoms with Crippen molar-refractivity contribution in [3.63, 3.8) is 0 Å². The van der Waals surface area contributed by atoms with Gasteiger partial charge in [0.25, 0.3) is 0 Å². The molecule has 0 bridgehead atoms. The summed E-state index contributed by atoms with van der Waals surface area (Å²) in [5.41, 5.74) is 4.48. The molecule has 7 heteroatoms. The van der Waals surface area contributed by atoms with Gasteiger partial charge in [-0.25, -0.2) is 4.79 Å². The highest BCUT2D eigenvalue weighted by Gasteiger charge is 2.41. The Kier molecular flexibility index (Phi) is 7.56. The molecule has 0 spiro atoms. The zero-order valence-corrected chi connectivity index (χ0v) is 20.6. The topological polar surface area (TPSA) is 83.1 Å². The third-order valence-electron chi connectivity index (χ3n) is 6.58. The summed E-state index contributed by atoms with van der Waals surface area (Å²) in [6.45, 7) is 2.29. The predicted molar refractivity (Wildman–Crippen MR) is 131 cm³/mol. The molecule has 4 rings (SSSR count). The van der Waals surface area contributed by atoms with Crippen LogP contribution in [0.2, 0.25) is 0 Å². The molecular formula is C28H31NO6. The molecule has 0 saturated heterocycles. The van der Waals surface area contributed by atoms with Crippen molar-refractivity contribution in [3.05, 3.63) is 82.2 Å². The molecule has 184 valence electrons. The number of allylic oxidation sites excluding steroid dienone is 3. The number of carbonyl (C=O) groups excluding carboxylic acids is 2. The number of Topliss-reactive ketones (excluding diaryl/α,β-unsaturated/α-hetero) is 1. The van der Waals surface area contributed by atoms with Crippen LogP contribution in [-0.2, 0) is 19.1 Å². The molecule has 1 aliphatic carbocycles. The van der Waals surface area contributed by atoms with Crippen LogP contribution in [0.5, 0.6) is 11.5 Å². The van der Waals surface area contributed by atoms with Gasteiger partial charge in [0.15, 0.2) is 5.78 Å². The number of nitrogens with one attached hydrogen (secondary N) is 1. The van der Waals surface area contributed by atoms with Gasteiger partial charge in [0.2, 0.25) is 0 Å². The van der Waals surface area contributed by atoms with Crippen molar-refractivity contribution in [3.8, 4) is 11.5 Å². The normalized spacial score (nSPS) is 19.7. The molecule has 0 radical (unpaired) electrons. The Bertz CT molecular complexity index is 1160. The minimum Gasteiger partial charge on any atom is -0.497 e. The lowest BCUT2D eigenvalue weighted by atomic mass is 9.71. The van der Waals surface area contributed by atoms with Gasteiger partial charge >= 0.3 is 5.97 Å². The summed E-state index contributed by atoms with van der Waals surface area (Å²) < 4.78 is 21.2. The Balaban J connectivity index is 1.74. The van der Waals surface area contributed by atoms with E-state index in [1.54, 1.807) is 21.3 Å². The second-order valence-electron chi connectivity index (χ2n) is 8.70. The van der Waals surface area contributed by atoms with Crippen LogP contribution in [0, 0.1) is 0 Å². The third-order valence-corrected chi connectivity index (χ3v) is 6.58. The second kappa shape index (κ2) is 10.8. The molecule has 2 aliphatic rings. The molecule has 2 aromatic rings. The lowest BCUT2D eigenvalue weighted by molar-refractivity contribution is -0.140. The molecule has 0 unspecified atom stereocenters. The van der Waals surface area contributed by atoms with Crippen LogP contribution in [0.25, 0.3) is 0 Å². The smallest absolute Gasteiger partial charge is 0.336 e. The number of hydrogen-bond acceptors (Lipinski definition) is 7. The number of methoxy groups -OCH3 is 3. The fourth-order valence-corrected chi connectivity index (χ4v) is 4.87. The van der Waals surface area contributed by atoms with E-state index in [1.165, 1.54) is 0 Å². The predicted octanol–water partition coefficient (Wildman–Crippen LogP) is 4.26. The van der Waals surface area contributed by atoms with Crippen molar-refractivity contribution >= 4 is 11.8 Å². The first-order chi connectivity index (χ1) is 17.0. The molecule has 0 amide bonds. The lowest BCUT2D eigenvalue weighted by Crippen LogP contribution is -2.36. The number of ether oxygens (including phenoxy) is 4. The molecule has 1 aliphatic heterocycles. The van der Waals surface area contributed by atoms with Crippen LogP contribution >= 0.6 is 0 Å². The number of benzene rings is 2. The van der Waals surface area contributed by atoms with Crippen LogP contribution in [0.1, 0.15) is 42.7 Å². The summed E-state index contributed by atoms with van der Waals surface area (Å²) in [4.78, 5) is 26.9. The third kappa shape index (κ3) is 5.10. The number of dihydropyridines is 1. The number of carbonyl (C=O) groups is 2. The summed E-state index contributed by atoms with van der Waals surface area (Å²) in [6, 6.07) is 15.3. The largest absolute Gasteiger partial charge is 0.497 e. The van der Waals surface area contributed by atoms with Gasteiger partial charge in [-0.1, -0.05) is 24.3 Å². The van der Waals surface area contributed by atoms with Gasteiger partial charge in [0, 0.05) is 36.4 Å².